The number of nitrogens with zero attached hydrogens (tertiary/aromatic N) is 4. The van der Waals surface area contributed by atoms with Crippen molar-refractivity contribution in [2.75, 3.05) is 18.1 Å². The van der Waals surface area contributed by atoms with Crippen molar-refractivity contribution in [3.8, 4) is 0 Å². The Hall–Kier alpha value is -3.12. The van der Waals surface area contributed by atoms with Gasteiger partial charge in [-0.15, -0.1) is 0 Å². The molecule has 0 bridgehead atoms. The number of aliphatic hydroxyl groups is 1. The summed E-state index contributed by atoms with van der Waals surface area (Å²) < 4.78 is 54.1. The van der Waals surface area contributed by atoms with Crippen LogP contribution in [0, 0.1) is 17.7 Å². The number of carbonyl (C=O) groups excluding carboxylic acids is 1. The van der Waals surface area contributed by atoms with Crippen molar-refractivity contribution >= 4 is 29.4 Å². The standard InChI is InChI=1S/C18H22F3N5O2.C7H7ClFN/c1-25-13(18(19,20)21)7-23-16(25)17(28)5-10-3-9(4-11(10)6-17)14-12(8-27)15(22)26(2)24-14;1-10-5-2-3-7(9)6(8)4-5/h7-11,28H,3-6,22H2,1-2H3;2-4,10H,1H3. The Kier molecular flexibility index (Phi) is 7.50. The van der Waals surface area contributed by atoms with Crippen LogP contribution < -0.4 is 11.1 Å². The Bertz CT molecular complexity index is 1320. The van der Waals surface area contributed by atoms with Gasteiger partial charge >= 0.3 is 6.18 Å². The third-order valence-corrected chi connectivity index (χ3v) is 7.90. The second kappa shape index (κ2) is 10.2. The summed E-state index contributed by atoms with van der Waals surface area (Å²) in [6.45, 7) is 0. The third-order valence-electron chi connectivity index (χ3n) is 7.61. The minimum atomic E-state index is -4.51. The van der Waals surface area contributed by atoms with E-state index in [2.05, 4.69) is 15.4 Å². The van der Waals surface area contributed by atoms with E-state index in [1.54, 1.807) is 20.2 Å². The van der Waals surface area contributed by atoms with Gasteiger partial charge in [-0.2, -0.15) is 18.3 Å². The van der Waals surface area contributed by atoms with Gasteiger partial charge in [0.05, 0.1) is 22.5 Å². The molecule has 3 aromatic rings. The maximum Gasteiger partial charge on any atom is 0.432 e. The van der Waals surface area contributed by atoms with Gasteiger partial charge in [-0.3, -0.25) is 9.48 Å². The number of anilines is 2. The highest BCUT2D eigenvalue weighted by Crippen LogP contribution is 2.57. The molecule has 0 amide bonds. The molecular formula is C25H29ClF4N6O2. The smallest absolute Gasteiger partial charge is 0.388 e. The van der Waals surface area contributed by atoms with E-state index in [0.29, 0.717) is 49.0 Å². The molecule has 2 atom stereocenters. The van der Waals surface area contributed by atoms with Gasteiger partial charge in [-0.1, -0.05) is 11.6 Å². The van der Waals surface area contributed by atoms with Crippen LogP contribution in [0.3, 0.4) is 0 Å². The van der Waals surface area contributed by atoms with Crippen LogP contribution in [-0.4, -0.2) is 37.8 Å². The van der Waals surface area contributed by atoms with E-state index in [1.807, 2.05) is 0 Å². The molecule has 0 aliphatic heterocycles. The van der Waals surface area contributed by atoms with E-state index in [9.17, 15) is 27.5 Å². The number of alkyl halides is 3. The summed E-state index contributed by atoms with van der Waals surface area (Å²) in [6.07, 6.45) is -0.919. The van der Waals surface area contributed by atoms with Crippen LogP contribution in [0.5, 0.6) is 0 Å². The fourth-order valence-corrected chi connectivity index (χ4v) is 6.00. The average molecular weight is 557 g/mol. The molecule has 2 aliphatic carbocycles. The zero-order valence-corrected chi connectivity index (χ0v) is 21.8. The minimum Gasteiger partial charge on any atom is -0.388 e. The molecule has 2 unspecified atom stereocenters. The molecule has 0 spiro atoms. The number of aryl methyl sites for hydroxylation is 1. The predicted molar refractivity (Wildman–Crippen MR) is 134 cm³/mol. The Morgan fingerprint density at radius 1 is 1.24 bits per heavy atom. The van der Waals surface area contributed by atoms with Crippen molar-refractivity contribution in [1.29, 1.82) is 0 Å². The lowest BCUT2D eigenvalue weighted by Gasteiger charge is -2.24. The highest BCUT2D eigenvalue weighted by molar-refractivity contribution is 6.31. The van der Waals surface area contributed by atoms with Gasteiger partial charge in [0.25, 0.3) is 0 Å². The van der Waals surface area contributed by atoms with Crippen molar-refractivity contribution in [2.45, 2.75) is 43.4 Å². The quantitative estimate of drug-likeness (QED) is 0.312. The highest BCUT2D eigenvalue weighted by Gasteiger charge is 2.53. The first kappa shape index (κ1) is 27.9. The number of imidazole rings is 1. The van der Waals surface area contributed by atoms with Gasteiger partial charge < -0.3 is 20.7 Å². The highest BCUT2D eigenvalue weighted by atomic mass is 35.5. The molecule has 4 N–H and O–H groups in total. The van der Waals surface area contributed by atoms with Crippen LogP contribution in [0.25, 0.3) is 0 Å². The molecule has 5 rings (SSSR count). The summed E-state index contributed by atoms with van der Waals surface area (Å²) in [4.78, 5) is 15.3. The number of aldehydes is 1. The second-order valence-electron chi connectivity index (χ2n) is 9.96. The van der Waals surface area contributed by atoms with E-state index >= 15 is 0 Å². The lowest BCUT2D eigenvalue weighted by molar-refractivity contribution is -0.143. The van der Waals surface area contributed by atoms with E-state index in [-0.39, 0.29) is 34.4 Å². The van der Waals surface area contributed by atoms with Crippen LogP contribution in [0.2, 0.25) is 5.02 Å². The van der Waals surface area contributed by atoms with Gasteiger partial charge in [0.15, 0.2) is 6.29 Å². The maximum atomic E-state index is 13.1. The Morgan fingerprint density at radius 2 is 1.87 bits per heavy atom. The van der Waals surface area contributed by atoms with Crippen molar-refractivity contribution < 1.29 is 27.5 Å². The molecule has 38 heavy (non-hydrogen) atoms. The molecule has 2 aliphatic rings. The van der Waals surface area contributed by atoms with Crippen LogP contribution in [-0.2, 0) is 25.9 Å². The summed E-state index contributed by atoms with van der Waals surface area (Å²) in [5.41, 5.74) is 5.53. The molecule has 1 aromatic carbocycles. The van der Waals surface area contributed by atoms with Crippen molar-refractivity contribution in [3.63, 3.8) is 0 Å². The minimum absolute atomic E-state index is 0.0513. The zero-order valence-electron chi connectivity index (χ0n) is 21.1. The topological polar surface area (TPSA) is 111 Å². The molecular weight excluding hydrogens is 528 g/mol. The molecule has 8 nitrogen and oxygen atoms in total. The van der Waals surface area contributed by atoms with Crippen LogP contribution in [0.1, 0.15) is 59.2 Å². The van der Waals surface area contributed by atoms with Crippen LogP contribution in [0.4, 0.5) is 29.1 Å². The average Bonchev–Trinajstić information content (AvgIpc) is 3.57. The normalized spacial score (nSPS) is 24.6. The number of nitrogens with one attached hydrogen (secondary N) is 1. The number of halogens is 5. The fourth-order valence-electron chi connectivity index (χ4n) is 5.82. The molecule has 2 heterocycles. The van der Waals surface area contributed by atoms with E-state index in [1.165, 1.54) is 23.9 Å². The summed E-state index contributed by atoms with van der Waals surface area (Å²) in [5, 5.41) is 18.5. The Morgan fingerprint density at radius 3 is 2.37 bits per heavy atom. The summed E-state index contributed by atoms with van der Waals surface area (Å²) in [6, 6.07) is 4.49. The van der Waals surface area contributed by atoms with Crippen LogP contribution >= 0.6 is 11.6 Å². The Labute approximate surface area is 221 Å². The number of hydrogen-bond acceptors (Lipinski definition) is 6. The van der Waals surface area contributed by atoms with Gasteiger partial charge in [0.1, 0.15) is 28.8 Å². The number of hydrogen-bond donors (Lipinski definition) is 3. The molecule has 13 heteroatoms. The monoisotopic (exact) mass is 556 g/mol. The van der Waals surface area contributed by atoms with Gasteiger partial charge in [-0.25, -0.2) is 9.37 Å². The SMILES string of the molecule is CNc1ccc(F)c(Cl)c1.Cn1nc(C2CC3CC(O)(c4ncc(C(F)(F)F)n4C)CC3C2)c(C=O)c1N. The molecule has 0 saturated heterocycles. The van der Waals surface area contributed by atoms with Gasteiger partial charge in [0, 0.05) is 32.7 Å². The number of rotatable bonds is 4. The lowest BCUT2D eigenvalue weighted by atomic mass is 9.91. The number of benzene rings is 1. The third kappa shape index (κ3) is 5.11. The molecule has 2 aromatic heterocycles. The molecule has 0 radical (unpaired) electrons. The first-order valence-corrected chi connectivity index (χ1v) is 12.4. The largest absolute Gasteiger partial charge is 0.432 e. The number of aromatic nitrogens is 4. The fraction of sp³-hybridized carbons (Fsp3) is 0.480. The summed E-state index contributed by atoms with van der Waals surface area (Å²) in [7, 11) is 4.72. The van der Waals surface area contributed by atoms with Gasteiger partial charge in [0.2, 0.25) is 0 Å². The van der Waals surface area contributed by atoms with E-state index in [0.717, 1.165) is 16.5 Å². The summed E-state index contributed by atoms with van der Waals surface area (Å²) >= 11 is 5.48. The van der Waals surface area contributed by atoms with E-state index in [4.69, 9.17) is 17.3 Å². The van der Waals surface area contributed by atoms with Crippen molar-refractivity contribution in [3.05, 3.63) is 58.0 Å². The summed E-state index contributed by atoms with van der Waals surface area (Å²) in [5.74, 6) is 0.302. The van der Waals surface area contributed by atoms with Crippen LogP contribution in [0.15, 0.2) is 24.4 Å². The van der Waals surface area contributed by atoms with Crippen molar-refractivity contribution in [2.24, 2.45) is 25.9 Å². The number of fused-ring (bicyclic) bond motifs is 1. The second-order valence-corrected chi connectivity index (χ2v) is 10.4. The Balaban J connectivity index is 0.000000283. The molecule has 2 saturated carbocycles. The van der Waals surface area contributed by atoms with E-state index < -0.39 is 17.5 Å². The van der Waals surface area contributed by atoms with Crippen molar-refractivity contribution in [1.82, 2.24) is 19.3 Å². The predicted octanol–water partition coefficient (Wildman–Crippen LogP) is 4.88. The zero-order chi connectivity index (χ0) is 28.0. The molecule has 206 valence electrons. The number of nitrogen functional groups attached to an aromatic ring is 1. The lowest BCUT2D eigenvalue weighted by Crippen LogP contribution is -2.28. The first-order chi connectivity index (χ1) is 17.8. The first-order valence-electron chi connectivity index (χ1n) is 12.0. The number of nitrogens with two attached hydrogens (primary N) is 1. The molecule has 2 fully saturated rings. The maximum absolute atomic E-state index is 13.1. The number of carbonyl (C=O) groups is 1. The van der Waals surface area contributed by atoms with Gasteiger partial charge in [-0.05, 0) is 55.7 Å².